The standard InChI is InChI=1S/C15H22N2O3/c1-10-6-12(16-3)4-5-14(10)15(19)17-7-13(8-18)20-9-11(17)2/h4-6,11,13,16,18H,7-9H2,1-3H3. The van der Waals surface area contributed by atoms with Gasteiger partial charge < -0.3 is 20.1 Å². The molecule has 0 saturated carbocycles. The molecule has 2 N–H and O–H groups in total. The maximum atomic E-state index is 12.7. The number of nitrogens with one attached hydrogen (secondary N) is 1. The van der Waals surface area contributed by atoms with Gasteiger partial charge in [0.1, 0.15) is 0 Å². The average molecular weight is 278 g/mol. The number of rotatable bonds is 3. The van der Waals surface area contributed by atoms with Crippen LogP contribution in [0.5, 0.6) is 0 Å². The molecule has 1 saturated heterocycles. The second-order valence-electron chi connectivity index (χ2n) is 5.22. The van der Waals surface area contributed by atoms with E-state index in [2.05, 4.69) is 5.32 Å². The zero-order valence-corrected chi connectivity index (χ0v) is 12.2. The van der Waals surface area contributed by atoms with Crippen LogP contribution in [0.3, 0.4) is 0 Å². The highest BCUT2D eigenvalue weighted by Crippen LogP contribution is 2.20. The Morgan fingerprint density at radius 2 is 2.30 bits per heavy atom. The van der Waals surface area contributed by atoms with Crippen LogP contribution in [-0.4, -0.2) is 54.9 Å². The summed E-state index contributed by atoms with van der Waals surface area (Å²) in [6.07, 6.45) is -0.285. The van der Waals surface area contributed by atoms with Crippen molar-refractivity contribution < 1.29 is 14.6 Å². The number of carbonyl (C=O) groups is 1. The Morgan fingerprint density at radius 3 is 2.90 bits per heavy atom. The van der Waals surface area contributed by atoms with Crippen molar-refractivity contribution in [1.29, 1.82) is 0 Å². The van der Waals surface area contributed by atoms with E-state index in [-0.39, 0.29) is 24.7 Å². The highest BCUT2D eigenvalue weighted by Gasteiger charge is 2.30. The number of aryl methyl sites for hydroxylation is 1. The Bertz CT molecular complexity index is 490. The Hall–Kier alpha value is -1.59. The number of carbonyl (C=O) groups excluding carboxylic acids is 1. The van der Waals surface area contributed by atoms with E-state index < -0.39 is 0 Å². The maximum Gasteiger partial charge on any atom is 0.254 e. The first-order valence-electron chi connectivity index (χ1n) is 6.88. The molecule has 1 fully saturated rings. The molecule has 1 amide bonds. The third-order valence-electron chi connectivity index (χ3n) is 3.72. The van der Waals surface area contributed by atoms with Gasteiger partial charge in [-0.15, -0.1) is 0 Å². The molecule has 0 radical (unpaired) electrons. The number of benzene rings is 1. The minimum absolute atomic E-state index is 0.000553. The molecule has 2 unspecified atom stereocenters. The molecule has 1 heterocycles. The van der Waals surface area contributed by atoms with Gasteiger partial charge in [-0.05, 0) is 37.6 Å². The van der Waals surface area contributed by atoms with Crippen LogP contribution in [-0.2, 0) is 4.74 Å². The predicted octanol–water partition coefficient (Wildman–Crippen LogP) is 1.26. The van der Waals surface area contributed by atoms with E-state index in [1.165, 1.54) is 0 Å². The minimum Gasteiger partial charge on any atom is -0.394 e. The molecule has 110 valence electrons. The van der Waals surface area contributed by atoms with Crippen molar-refractivity contribution in [2.45, 2.75) is 26.0 Å². The van der Waals surface area contributed by atoms with Gasteiger partial charge in [0.25, 0.3) is 5.91 Å². The zero-order chi connectivity index (χ0) is 14.7. The van der Waals surface area contributed by atoms with Crippen LogP contribution < -0.4 is 5.32 Å². The first-order valence-corrected chi connectivity index (χ1v) is 6.88. The number of morpholine rings is 1. The van der Waals surface area contributed by atoms with Crippen molar-refractivity contribution in [3.63, 3.8) is 0 Å². The molecule has 5 nitrogen and oxygen atoms in total. The van der Waals surface area contributed by atoms with Gasteiger partial charge in [0.2, 0.25) is 0 Å². The van der Waals surface area contributed by atoms with E-state index in [4.69, 9.17) is 4.74 Å². The lowest BCUT2D eigenvalue weighted by atomic mass is 10.0. The van der Waals surface area contributed by atoms with Crippen LogP contribution in [0.15, 0.2) is 18.2 Å². The monoisotopic (exact) mass is 278 g/mol. The summed E-state index contributed by atoms with van der Waals surface area (Å²) >= 11 is 0. The van der Waals surface area contributed by atoms with Crippen molar-refractivity contribution in [2.24, 2.45) is 0 Å². The Kier molecular flexibility index (Phi) is 4.62. The average Bonchev–Trinajstić information content (AvgIpc) is 2.47. The number of hydrogen-bond donors (Lipinski definition) is 2. The molecule has 0 aliphatic carbocycles. The second-order valence-corrected chi connectivity index (χ2v) is 5.22. The van der Waals surface area contributed by atoms with Gasteiger partial charge in [-0.3, -0.25) is 4.79 Å². The molecular weight excluding hydrogens is 256 g/mol. The van der Waals surface area contributed by atoms with Crippen molar-refractivity contribution >= 4 is 11.6 Å². The number of aliphatic hydroxyl groups excluding tert-OH is 1. The van der Waals surface area contributed by atoms with Gasteiger partial charge in [0.05, 0.1) is 25.4 Å². The first-order chi connectivity index (χ1) is 9.56. The summed E-state index contributed by atoms with van der Waals surface area (Å²) in [5.41, 5.74) is 2.64. The first kappa shape index (κ1) is 14.8. The number of ether oxygens (including phenoxy) is 1. The van der Waals surface area contributed by atoms with Crippen LogP contribution in [0.25, 0.3) is 0 Å². The summed E-state index contributed by atoms with van der Waals surface area (Å²) in [6.45, 7) is 4.73. The van der Waals surface area contributed by atoms with Crippen molar-refractivity contribution in [3.8, 4) is 0 Å². The lowest BCUT2D eigenvalue weighted by Gasteiger charge is -2.37. The fourth-order valence-corrected chi connectivity index (χ4v) is 2.42. The highest BCUT2D eigenvalue weighted by molar-refractivity contribution is 5.96. The molecule has 1 aliphatic heterocycles. The lowest BCUT2D eigenvalue weighted by molar-refractivity contribution is -0.0667. The molecule has 1 aliphatic rings. The van der Waals surface area contributed by atoms with Gasteiger partial charge in [-0.2, -0.15) is 0 Å². The van der Waals surface area contributed by atoms with Gasteiger partial charge in [-0.25, -0.2) is 0 Å². The zero-order valence-electron chi connectivity index (χ0n) is 12.2. The van der Waals surface area contributed by atoms with Crippen molar-refractivity contribution in [2.75, 3.05) is 32.1 Å². The topological polar surface area (TPSA) is 61.8 Å². The Balaban J connectivity index is 2.21. The summed E-state index contributed by atoms with van der Waals surface area (Å²) in [7, 11) is 1.85. The molecule has 1 aromatic carbocycles. The lowest BCUT2D eigenvalue weighted by Crippen LogP contribution is -2.52. The fourth-order valence-electron chi connectivity index (χ4n) is 2.42. The molecule has 5 heteroatoms. The molecule has 0 spiro atoms. The molecule has 0 bridgehead atoms. The largest absolute Gasteiger partial charge is 0.394 e. The van der Waals surface area contributed by atoms with Crippen LogP contribution in [0.1, 0.15) is 22.8 Å². The van der Waals surface area contributed by atoms with E-state index in [0.717, 1.165) is 11.3 Å². The SMILES string of the molecule is CNc1ccc(C(=O)N2CC(CO)OCC2C)c(C)c1. The number of amides is 1. The number of hydrogen-bond acceptors (Lipinski definition) is 4. The smallest absolute Gasteiger partial charge is 0.254 e. The second kappa shape index (κ2) is 6.24. The fraction of sp³-hybridized carbons (Fsp3) is 0.533. The van der Waals surface area contributed by atoms with Gasteiger partial charge in [-0.1, -0.05) is 0 Å². The minimum atomic E-state index is -0.285. The summed E-state index contributed by atoms with van der Waals surface area (Å²) in [4.78, 5) is 14.4. The molecule has 20 heavy (non-hydrogen) atoms. The summed E-state index contributed by atoms with van der Waals surface area (Å²) < 4.78 is 5.47. The van der Waals surface area contributed by atoms with Gasteiger partial charge in [0, 0.05) is 24.8 Å². The summed E-state index contributed by atoms with van der Waals surface area (Å²) in [6, 6.07) is 5.73. The van der Waals surface area contributed by atoms with E-state index in [9.17, 15) is 9.90 Å². The summed E-state index contributed by atoms with van der Waals surface area (Å²) in [5.74, 6) is -0.000553. The van der Waals surface area contributed by atoms with E-state index in [1.54, 1.807) is 4.90 Å². The number of nitrogens with zero attached hydrogens (tertiary/aromatic N) is 1. The summed E-state index contributed by atoms with van der Waals surface area (Å²) in [5, 5.41) is 12.3. The third kappa shape index (κ3) is 2.94. The Morgan fingerprint density at radius 1 is 1.55 bits per heavy atom. The van der Waals surface area contributed by atoms with Crippen LogP contribution >= 0.6 is 0 Å². The van der Waals surface area contributed by atoms with Gasteiger partial charge in [0.15, 0.2) is 0 Å². The maximum absolute atomic E-state index is 12.7. The van der Waals surface area contributed by atoms with Crippen molar-refractivity contribution in [1.82, 2.24) is 4.90 Å². The van der Waals surface area contributed by atoms with E-state index in [1.807, 2.05) is 39.1 Å². The molecule has 0 aromatic heterocycles. The Labute approximate surface area is 119 Å². The van der Waals surface area contributed by atoms with E-state index in [0.29, 0.717) is 18.7 Å². The normalized spacial score (nSPS) is 22.7. The molecule has 2 rings (SSSR count). The molecular formula is C15H22N2O3. The van der Waals surface area contributed by atoms with Gasteiger partial charge >= 0.3 is 0 Å². The highest BCUT2D eigenvalue weighted by atomic mass is 16.5. The van der Waals surface area contributed by atoms with Crippen molar-refractivity contribution in [3.05, 3.63) is 29.3 Å². The quantitative estimate of drug-likeness (QED) is 0.874. The van der Waals surface area contributed by atoms with Crippen LogP contribution in [0, 0.1) is 6.92 Å². The van der Waals surface area contributed by atoms with Crippen LogP contribution in [0.4, 0.5) is 5.69 Å². The predicted molar refractivity (Wildman–Crippen MR) is 78.1 cm³/mol. The molecule has 1 aromatic rings. The number of anilines is 1. The van der Waals surface area contributed by atoms with E-state index >= 15 is 0 Å². The third-order valence-corrected chi connectivity index (χ3v) is 3.72. The number of aliphatic hydroxyl groups is 1. The van der Waals surface area contributed by atoms with Crippen LogP contribution in [0.2, 0.25) is 0 Å². The molecule has 2 atom stereocenters.